The second-order valence-corrected chi connectivity index (χ2v) is 13.3. The van der Waals surface area contributed by atoms with E-state index in [0.29, 0.717) is 43.8 Å². The molecule has 0 unspecified atom stereocenters. The lowest BCUT2D eigenvalue weighted by Crippen LogP contribution is -2.39. The Morgan fingerprint density at radius 1 is 1.05 bits per heavy atom. The number of piperidine rings is 1. The van der Waals surface area contributed by atoms with E-state index in [0.717, 1.165) is 38.7 Å². The summed E-state index contributed by atoms with van der Waals surface area (Å²) in [5, 5.41) is 3.81. The van der Waals surface area contributed by atoms with Crippen LogP contribution in [0, 0.1) is 6.92 Å². The summed E-state index contributed by atoms with van der Waals surface area (Å²) in [6.45, 7) is 4.46. The van der Waals surface area contributed by atoms with Crippen molar-refractivity contribution in [2.75, 3.05) is 30.8 Å². The van der Waals surface area contributed by atoms with Crippen LogP contribution < -0.4 is 15.8 Å². The van der Waals surface area contributed by atoms with Gasteiger partial charge in [0.05, 0.1) is 24.5 Å². The highest BCUT2D eigenvalue weighted by molar-refractivity contribution is 7.89. The van der Waals surface area contributed by atoms with Gasteiger partial charge in [0.1, 0.15) is 5.75 Å². The van der Waals surface area contributed by atoms with Crippen molar-refractivity contribution in [2.45, 2.75) is 45.4 Å². The number of fused-ring (bicyclic) bond motifs is 1. The maximum Gasteiger partial charge on any atom is 0.221 e. The molecule has 0 aliphatic carbocycles. The fourth-order valence-electron chi connectivity index (χ4n) is 5.84. The highest BCUT2D eigenvalue weighted by Crippen LogP contribution is 2.37. The van der Waals surface area contributed by atoms with Crippen molar-refractivity contribution in [3.05, 3.63) is 83.6 Å². The van der Waals surface area contributed by atoms with E-state index >= 15 is 0 Å². The zero-order valence-corrected chi connectivity index (χ0v) is 25.4. The van der Waals surface area contributed by atoms with Crippen molar-refractivity contribution >= 4 is 38.4 Å². The van der Waals surface area contributed by atoms with Crippen molar-refractivity contribution in [3.63, 3.8) is 0 Å². The first-order valence-electron chi connectivity index (χ1n) is 14.6. The van der Waals surface area contributed by atoms with Gasteiger partial charge in [0.25, 0.3) is 0 Å². The molecule has 1 aliphatic heterocycles. The van der Waals surface area contributed by atoms with E-state index in [1.54, 1.807) is 10.4 Å². The molecular formula is C33H38N4O5S. The van der Waals surface area contributed by atoms with Gasteiger partial charge >= 0.3 is 0 Å². The minimum absolute atomic E-state index is 0.0109. The normalized spacial score (nSPS) is 14.6. The topological polar surface area (TPSA) is 135 Å². The summed E-state index contributed by atoms with van der Waals surface area (Å²) in [6.07, 6.45) is 3.87. The number of hydrogen-bond acceptors (Lipinski definition) is 5. The van der Waals surface area contributed by atoms with Crippen LogP contribution in [0.1, 0.15) is 48.8 Å². The molecular weight excluding hydrogens is 564 g/mol. The molecule has 9 nitrogen and oxygen atoms in total. The molecule has 4 N–H and O–H groups in total. The molecule has 5 rings (SSSR count). The number of aromatic nitrogens is 1. The predicted molar refractivity (Wildman–Crippen MR) is 170 cm³/mol. The van der Waals surface area contributed by atoms with Crippen LogP contribution in [-0.2, 0) is 26.0 Å². The molecule has 1 aliphatic rings. The van der Waals surface area contributed by atoms with Crippen LogP contribution in [0.15, 0.2) is 66.9 Å². The molecule has 226 valence electrons. The van der Waals surface area contributed by atoms with E-state index in [9.17, 15) is 18.0 Å². The van der Waals surface area contributed by atoms with E-state index in [4.69, 9.17) is 10.5 Å². The number of hydrogen-bond donors (Lipinski definition) is 3. The Morgan fingerprint density at radius 3 is 2.49 bits per heavy atom. The number of aromatic amines is 1. The number of nitrogens with one attached hydrogen (secondary N) is 2. The monoisotopic (exact) mass is 602 g/mol. The minimum Gasteiger partial charge on any atom is -0.491 e. The fraction of sp³-hybridized carbons (Fsp3) is 0.333. The van der Waals surface area contributed by atoms with Crippen molar-refractivity contribution in [1.82, 2.24) is 9.29 Å². The van der Waals surface area contributed by atoms with Gasteiger partial charge in [-0.2, -0.15) is 0 Å². The van der Waals surface area contributed by atoms with Crippen molar-refractivity contribution in [3.8, 4) is 16.9 Å². The smallest absolute Gasteiger partial charge is 0.221 e. The Morgan fingerprint density at radius 2 is 1.79 bits per heavy atom. The van der Waals surface area contributed by atoms with Gasteiger partial charge in [0, 0.05) is 37.1 Å². The van der Waals surface area contributed by atoms with Crippen molar-refractivity contribution in [2.24, 2.45) is 5.73 Å². The summed E-state index contributed by atoms with van der Waals surface area (Å²) in [4.78, 5) is 26.8. The largest absolute Gasteiger partial charge is 0.491 e. The molecule has 1 aromatic heterocycles. The zero-order valence-electron chi connectivity index (χ0n) is 24.6. The molecule has 0 saturated carbocycles. The number of H-pyrrole nitrogens is 1. The van der Waals surface area contributed by atoms with Crippen LogP contribution >= 0.6 is 0 Å². The van der Waals surface area contributed by atoms with Gasteiger partial charge in [-0.25, -0.2) is 12.7 Å². The summed E-state index contributed by atoms with van der Waals surface area (Å²) >= 11 is 0. The van der Waals surface area contributed by atoms with Gasteiger partial charge in [-0.15, -0.1) is 0 Å². The SMILES string of the molecule is CC(=O)Nc1cc(C)ccc1OCCCS(=O)(=O)N1CCC(c2c[nH]c3c(CC(N)=O)cc(-c4ccccc4)cc23)CC1. The third-order valence-corrected chi connectivity index (χ3v) is 9.87. The second-order valence-electron chi connectivity index (χ2n) is 11.2. The Kier molecular flexibility index (Phi) is 9.17. The highest BCUT2D eigenvalue weighted by Gasteiger charge is 2.30. The minimum atomic E-state index is -3.45. The molecule has 0 spiro atoms. The summed E-state index contributed by atoms with van der Waals surface area (Å²) in [7, 11) is -3.45. The Bertz CT molecular complexity index is 1730. The summed E-state index contributed by atoms with van der Waals surface area (Å²) in [5.41, 5.74) is 12.1. The lowest BCUT2D eigenvalue weighted by molar-refractivity contribution is -0.117. The average molecular weight is 603 g/mol. The van der Waals surface area contributed by atoms with Crippen LogP contribution in [0.4, 0.5) is 5.69 Å². The number of aryl methyl sites for hydroxylation is 1. The predicted octanol–water partition coefficient (Wildman–Crippen LogP) is 5.11. The Balaban J connectivity index is 1.23. The zero-order chi connectivity index (χ0) is 30.6. The molecule has 0 radical (unpaired) electrons. The Hall–Kier alpha value is -4.15. The maximum atomic E-state index is 13.2. The molecule has 2 amide bonds. The first-order valence-corrected chi connectivity index (χ1v) is 16.2. The number of benzene rings is 3. The van der Waals surface area contributed by atoms with Crippen LogP contribution in [0.25, 0.3) is 22.0 Å². The van der Waals surface area contributed by atoms with E-state index in [-0.39, 0.29) is 30.6 Å². The highest BCUT2D eigenvalue weighted by atomic mass is 32.2. The molecule has 2 heterocycles. The Labute approximate surface area is 252 Å². The number of anilines is 1. The van der Waals surface area contributed by atoms with E-state index < -0.39 is 15.9 Å². The quantitative estimate of drug-likeness (QED) is 0.205. The number of rotatable bonds is 11. The van der Waals surface area contributed by atoms with Crippen LogP contribution in [0.2, 0.25) is 0 Å². The van der Waals surface area contributed by atoms with Gasteiger partial charge < -0.3 is 20.8 Å². The van der Waals surface area contributed by atoms with Crippen LogP contribution in [0.3, 0.4) is 0 Å². The van der Waals surface area contributed by atoms with Gasteiger partial charge in [0.2, 0.25) is 21.8 Å². The molecule has 0 atom stereocenters. The summed E-state index contributed by atoms with van der Waals surface area (Å²) < 4.78 is 33.8. The molecule has 1 fully saturated rings. The summed E-state index contributed by atoms with van der Waals surface area (Å²) in [6, 6.07) is 19.7. The second kappa shape index (κ2) is 13.0. The molecule has 10 heteroatoms. The number of sulfonamides is 1. The van der Waals surface area contributed by atoms with Gasteiger partial charge in [-0.3, -0.25) is 9.59 Å². The number of carbonyl (C=O) groups excluding carboxylic acids is 2. The standard InChI is InChI=1S/C33H38N4O5S/c1-22-9-10-31(30(17-22)36-23(2)38)42-15-6-16-43(40,41)37-13-11-25(12-14-37)29-21-35-33-27(20-32(34)39)18-26(19-28(29)33)24-7-4-3-5-8-24/h3-5,7-10,17-19,21,25,35H,6,11-16,20H2,1-2H3,(H2,34,39)(H,36,38). The van der Waals surface area contributed by atoms with Gasteiger partial charge in [-0.1, -0.05) is 36.4 Å². The molecule has 4 aromatic rings. The average Bonchev–Trinajstić information content (AvgIpc) is 3.41. The van der Waals surface area contributed by atoms with Gasteiger partial charge in [0.15, 0.2) is 0 Å². The molecule has 3 aromatic carbocycles. The van der Waals surface area contributed by atoms with Crippen LogP contribution in [-0.4, -0.2) is 55.0 Å². The number of carbonyl (C=O) groups is 2. The maximum absolute atomic E-state index is 13.2. The summed E-state index contributed by atoms with van der Waals surface area (Å²) in [5.74, 6) is 0.107. The lowest BCUT2D eigenvalue weighted by Gasteiger charge is -2.31. The molecule has 0 bridgehead atoms. The van der Waals surface area contributed by atoms with E-state index in [1.807, 2.05) is 61.7 Å². The van der Waals surface area contributed by atoms with Crippen molar-refractivity contribution in [1.29, 1.82) is 0 Å². The number of amides is 2. The van der Waals surface area contributed by atoms with E-state index in [2.05, 4.69) is 16.4 Å². The lowest BCUT2D eigenvalue weighted by atomic mass is 9.88. The number of nitrogens with zero attached hydrogens (tertiary/aromatic N) is 1. The first kappa shape index (κ1) is 30.3. The molecule has 43 heavy (non-hydrogen) atoms. The molecule has 1 saturated heterocycles. The van der Waals surface area contributed by atoms with Crippen LogP contribution in [0.5, 0.6) is 5.75 Å². The fourth-order valence-corrected chi connectivity index (χ4v) is 7.35. The van der Waals surface area contributed by atoms with E-state index in [1.165, 1.54) is 6.92 Å². The third kappa shape index (κ3) is 7.26. The number of primary amides is 1. The van der Waals surface area contributed by atoms with Crippen molar-refractivity contribution < 1.29 is 22.7 Å². The first-order chi connectivity index (χ1) is 20.6. The number of ether oxygens (including phenoxy) is 1. The number of nitrogens with two attached hydrogens (primary N) is 1. The third-order valence-electron chi connectivity index (χ3n) is 7.91. The van der Waals surface area contributed by atoms with Gasteiger partial charge in [-0.05, 0) is 84.2 Å².